The minimum atomic E-state index is -0.900. The van der Waals surface area contributed by atoms with Gasteiger partial charge in [-0.2, -0.15) is 0 Å². The van der Waals surface area contributed by atoms with E-state index in [9.17, 15) is 9.90 Å². The monoisotopic (exact) mass is 640 g/mol. The molecule has 0 atom stereocenters. The highest BCUT2D eigenvalue weighted by molar-refractivity contribution is 8.18. The highest BCUT2D eigenvalue weighted by Gasteiger charge is 2.37. The molecule has 0 heterocycles. The lowest BCUT2D eigenvalue weighted by Gasteiger charge is -2.33. The molecule has 0 saturated heterocycles. The highest BCUT2D eigenvalue weighted by Crippen LogP contribution is 2.61. The topological polar surface area (TPSA) is 37.3 Å². The molecule has 2 aromatic carbocycles. The van der Waals surface area contributed by atoms with Gasteiger partial charge < -0.3 is 22.1 Å². The normalized spacial score (nSPS) is 11.8. The molecule has 0 amide bonds. The number of hydrogen-bond donors (Lipinski definition) is 1. The first-order chi connectivity index (χ1) is 18.0. The number of carboxylic acids is 1. The van der Waals surface area contributed by atoms with E-state index >= 15 is 0 Å². The third-order valence-corrected chi connectivity index (χ3v) is 15.3. The van der Waals surface area contributed by atoms with E-state index in [1.807, 2.05) is 23.5 Å². The van der Waals surface area contributed by atoms with Crippen LogP contribution in [0.3, 0.4) is 0 Å². The molecule has 0 fully saturated rings. The van der Waals surface area contributed by atoms with E-state index in [1.54, 1.807) is 0 Å². The summed E-state index contributed by atoms with van der Waals surface area (Å²) in [6.45, 7) is 7.02. The number of aliphatic carboxylic acids is 1. The summed E-state index contributed by atoms with van der Waals surface area (Å²) in [4.78, 5) is 14.2. The Hall–Kier alpha value is -0.480. The maximum Gasteiger partial charge on any atom is 0.303 e. The fourth-order valence-electron chi connectivity index (χ4n) is 5.05. The molecular formula is C32H50BrO2PS2. The molecule has 0 aliphatic heterocycles. The summed E-state index contributed by atoms with van der Waals surface area (Å²) >= 11 is 3.76. The fraction of sp³-hybridized carbons (Fsp3) is 0.594. The molecule has 2 nitrogen and oxygen atoms in total. The lowest BCUT2D eigenvalue weighted by Crippen LogP contribution is -3.00. The van der Waals surface area contributed by atoms with E-state index in [-0.39, 0.29) is 27.5 Å². The molecular weight excluding hydrogens is 591 g/mol. The van der Waals surface area contributed by atoms with Crippen LogP contribution >= 0.6 is 30.8 Å². The van der Waals surface area contributed by atoms with Gasteiger partial charge in [-0.05, 0) is 69.2 Å². The first kappa shape index (κ1) is 35.5. The van der Waals surface area contributed by atoms with Crippen molar-refractivity contribution in [3.63, 3.8) is 0 Å². The molecule has 0 radical (unpaired) electrons. The Morgan fingerprint density at radius 3 is 1.50 bits per heavy atom. The molecule has 0 aliphatic carbocycles. The second-order valence-electron chi connectivity index (χ2n) is 10.4. The summed E-state index contributed by atoms with van der Waals surface area (Å²) in [5, 5.41) is 9.62. The fourth-order valence-corrected chi connectivity index (χ4v) is 13.3. The maximum atomic E-state index is 11.7. The average Bonchev–Trinajstić information content (AvgIpc) is 2.91. The largest absolute Gasteiger partial charge is 1.00 e. The van der Waals surface area contributed by atoms with E-state index in [0.717, 1.165) is 6.42 Å². The van der Waals surface area contributed by atoms with Gasteiger partial charge in [-0.25, -0.2) is 0 Å². The molecule has 0 aliphatic rings. The standard InChI is InChI=1S/C32H49O2PS2.BrH/c1-4-7-25-35(26-8-5-2,27-9-6-3)28-17-16-23-32(24-22-31(33)34,36-29-18-12-10-13-19-29)37-30-20-14-11-15-21-30;/h10-15,18-21H,4-9,16-17,22-28H2,1-3H3;1H. The number of benzene rings is 2. The third-order valence-electron chi connectivity index (χ3n) is 7.21. The quantitative estimate of drug-likeness (QED) is 0.0656. The van der Waals surface area contributed by atoms with Gasteiger partial charge in [0.25, 0.3) is 0 Å². The van der Waals surface area contributed by atoms with Crippen LogP contribution in [-0.4, -0.2) is 39.8 Å². The van der Waals surface area contributed by atoms with Crippen LogP contribution in [0.25, 0.3) is 0 Å². The van der Waals surface area contributed by atoms with Crippen molar-refractivity contribution in [2.24, 2.45) is 0 Å². The van der Waals surface area contributed by atoms with Gasteiger partial charge in [0.2, 0.25) is 0 Å². The maximum absolute atomic E-state index is 11.7. The minimum absolute atomic E-state index is 0. The number of carbonyl (C=O) groups is 1. The third kappa shape index (κ3) is 13.7. The summed E-state index contributed by atoms with van der Waals surface area (Å²) in [6, 6.07) is 21.1. The van der Waals surface area contributed by atoms with Crippen LogP contribution in [0, 0.1) is 0 Å². The molecule has 2 aromatic rings. The van der Waals surface area contributed by atoms with E-state index < -0.39 is 13.2 Å². The Morgan fingerprint density at radius 1 is 0.684 bits per heavy atom. The molecule has 0 spiro atoms. The number of rotatable bonds is 21. The Morgan fingerprint density at radius 2 is 1.11 bits per heavy atom. The number of hydrogen-bond acceptors (Lipinski definition) is 3. The van der Waals surface area contributed by atoms with E-state index in [1.165, 1.54) is 85.8 Å². The van der Waals surface area contributed by atoms with Crippen molar-refractivity contribution >= 4 is 36.8 Å². The van der Waals surface area contributed by atoms with Gasteiger partial charge in [-0.3, -0.25) is 4.79 Å². The SMILES string of the molecule is CCCC[P+](CCCC)(CCCC)CCCCC(CCC(=O)O)(Sc1ccccc1)Sc1ccccc1.[Br-]. The van der Waals surface area contributed by atoms with Gasteiger partial charge in [0, 0.05) is 23.5 Å². The number of carboxylic acid groups (broad SMARTS) is 1. The van der Waals surface area contributed by atoms with Crippen LogP contribution in [0.2, 0.25) is 0 Å². The van der Waals surface area contributed by atoms with Crippen molar-refractivity contribution < 1.29 is 26.9 Å². The van der Waals surface area contributed by atoms with E-state index in [0.29, 0.717) is 6.42 Å². The van der Waals surface area contributed by atoms with Crippen LogP contribution in [0.1, 0.15) is 91.4 Å². The van der Waals surface area contributed by atoms with Gasteiger partial charge >= 0.3 is 5.97 Å². The van der Waals surface area contributed by atoms with Crippen LogP contribution in [0.4, 0.5) is 0 Å². The zero-order valence-electron chi connectivity index (χ0n) is 23.9. The summed E-state index contributed by atoms with van der Waals surface area (Å²) in [7, 11) is -0.900. The minimum Gasteiger partial charge on any atom is -1.00 e. The Kier molecular flexibility index (Phi) is 19.1. The van der Waals surface area contributed by atoms with Gasteiger partial charge in [0.05, 0.1) is 28.7 Å². The van der Waals surface area contributed by atoms with Gasteiger partial charge in [-0.15, -0.1) is 23.5 Å². The molecule has 2 rings (SSSR count). The van der Waals surface area contributed by atoms with Crippen LogP contribution in [0.5, 0.6) is 0 Å². The van der Waals surface area contributed by atoms with Gasteiger partial charge in [0.15, 0.2) is 0 Å². The van der Waals surface area contributed by atoms with Crippen LogP contribution in [0.15, 0.2) is 70.5 Å². The number of halogens is 1. The lowest BCUT2D eigenvalue weighted by molar-refractivity contribution is -0.137. The van der Waals surface area contributed by atoms with Gasteiger partial charge in [0.1, 0.15) is 0 Å². The van der Waals surface area contributed by atoms with Crippen molar-refractivity contribution in [3.05, 3.63) is 60.7 Å². The summed E-state index contributed by atoms with van der Waals surface area (Å²) in [5.41, 5.74) is 0. The summed E-state index contributed by atoms with van der Waals surface area (Å²) in [6.07, 6.45) is 18.3. The number of thioether (sulfide) groups is 2. The number of unbranched alkanes of at least 4 members (excludes halogenated alkanes) is 4. The summed E-state index contributed by atoms with van der Waals surface area (Å²) < 4.78 is -0.182. The molecule has 0 unspecified atom stereocenters. The van der Waals surface area contributed by atoms with Crippen molar-refractivity contribution in [2.75, 3.05) is 24.6 Å². The van der Waals surface area contributed by atoms with Crippen LogP contribution < -0.4 is 17.0 Å². The van der Waals surface area contributed by atoms with Crippen molar-refractivity contribution in [2.45, 2.75) is 105 Å². The second kappa shape index (κ2) is 20.4. The predicted octanol–water partition coefficient (Wildman–Crippen LogP) is 7.72. The van der Waals surface area contributed by atoms with Crippen molar-refractivity contribution in [1.82, 2.24) is 0 Å². The van der Waals surface area contributed by atoms with E-state index in [4.69, 9.17) is 0 Å². The Labute approximate surface area is 253 Å². The first-order valence-corrected chi connectivity index (χ1v) is 18.7. The van der Waals surface area contributed by atoms with Crippen LogP contribution in [-0.2, 0) is 4.79 Å². The van der Waals surface area contributed by atoms with Crippen molar-refractivity contribution in [1.29, 1.82) is 0 Å². The first-order valence-electron chi connectivity index (χ1n) is 14.5. The zero-order valence-corrected chi connectivity index (χ0v) is 28.0. The Balaban J connectivity index is 0.00000722. The molecule has 0 aromatic heterocycles. The molecule has 38 heavy (non-hydrogen) atoms. The molecule has 0 saturated carbocycles. The molecule has 214 valence electrons. The van der Waals surface area contributed by atoms with Crippen molar-refractivity contribution in [3.8, 4) is 0 Å². The smallest absolute Gasteiger partial charge is 0.303 e. The lowest BCUT2D eigenvalue weighted by atomic mass is 10.1. The second-order valence-corrected chi connectivity index (χ2v) is 18.0. The highest BCUT2D eigenvalue weighted by atomic mass is 79.9. The molecule has 1 N–H and O–H groups in total. The molecule has 6 heteroatoms. The summed E-state index contributed by atoms with van der Waals surface area (Å²) in [5.74, 6) is -0.699. The van der Waals surface area contributed by atoms with E-state index in [2.05, 4.69) is 81.4 Å². The molecule has 0 bridgehead atoms. The predicted molar refractivity (Wildman–Crippen MR) is 169 cm³/mol. The van der Waals surface area contributed by atoms with Gasteiger partial charge in [-0.1, -0.05) is 76.4 Å². The Bertz CT molecular complexity index is 803. The average molecular weight is 642 g/mol. The zero-order chi connectivity index (χ0) is 26.8.